The third-order valence-corrected chi connectivity index (χ3v) is 0.0577. The predicted octanol–water partition coefficient (Wildman–Crippen LogP) is -2.95. The van der Waals surface area contributed by atoms with Gasteiger partial charge in [-0.2, -0.15) is 6.61 Å². The van der Waals surface area contributed by atoms with Gasteiger partial charge in [-0.25, -0.2) is 5.26 Å². The van der Waals surface area contributed by atoms with E-state index in [1.165, 1.54) is 6.07 Å². The normalized spacial score (nSPS) is 3.20. The third kappa shape index (κ3) is 13.3. The summed E-state index contributed by atoms with van der Waals surface area (Å²) in [5, 5.41) is 14.7. The molecule has 0 aromatic rings. The molecule has 0 aliphatic rings. The van der Waals surface area contributed by atoms with Gasteiger partial charge in [0.25, 0.3) is 0 Å². The monoisotopic (exact) mass is 79.0 g/mol. The maximum absolute atomic E-state index is 7.39. The Morgan fingerprint density at radius 1 is 1.80 bits per heavy atom. The molecule has 0 atom stereocenters. The molecule has 0 unspecified atom stereocenters. The number of hydrogen-bond acceptors (Lipinski definition) is 2. The number of nitrogens with zero attached hydrogens (tertiary/aromatic N) is 1. The second-order valence-electron chi connectivity index (χ2n) is 0.258. The Bertz CT molecular complexity index is 39.4. The molecule has 22 valence electrons. The molecule has 2 nitrogen and oxygen atoms in total. The van der Waals surface area contributed by atoms with E-state index in [2.05, 4.69) is 0 Å². The first-order valence-corrected chi connectivity index (χ1v) is 0.770. The van der Waals surface area contributed by atoms with Crippen molar-refractivity contribution in [1.29, 1.82) is 5.26 Å². The molecule has 5 heavy (non-hydrogen) atoms. The topological polar surface area (TPSA) is 44.0 Å². The van der Waals surface area contributed by atoms with E-state index < -0.39 is 0 Å². The van der Waals surface area contributed by atoms with Crippen LogP contribution in [0.25, 0.3) is 0 Å². The molecule has 0 bridgehead atoms. The van der Waals surface area contributed by atoms with Crippen LogP contribution in [0.15, 0.2) is 0 Å². The van der Waals surface area contributed by atoms with Gasteiger partial charge in [0.1, 0.15) is 0 Å². The van der Waals surface area contributed by atoms with Gasteiger partial charge in [-0.3, -0.25) is 0 Å². The van der Waals surface area contributed by atoms with E-state index in [1.807, 2.05) is 0 Å². The average Bonchev–Trinajstić information content (AvgIpc) is 1.37. The number of aliphatic hydroxyl groups is 1. The number of hydrogen-bond donors (Lipinski definition) is 1. The second-order valence-corrected chi connectivity index (χ2v) is 0.258. The molecule has 0 amide bonds. The smallest absolute Gasteiger partial charge is 0.533 e. The molecule has 0 radical (unpaired) electrons. The van der Waals surface area contributed by atoms with Crippen molar-refractivity contribution in [2.75, 3.05) is 0 Å². The van der Waals surface area contributed by atoms with Gasteiger partial charge >= 0.3 is 29.6 Å². The molecule has 0 heterocycles. The molecule has 0 aliphatic heterocycles. The number of rotatable bonds is 0. The maximum Gasteiger partial charge on any atom is 1.00 e. The fourth-order valence-corrected chi connectivity index (χ4v) is 0. The largest absolute Gasteiger partial charge is 1.00 e. The number of nitriles is 1. The molecular weight excluding hydrogens is 77.0 g/mol. The Morgan fingerprint density at radius 2 is 2.00 bits per heavy atom. The summed E-state index contributed by atoms with van der Waals surface area (Å²) in [6, 6.07) is 1.36. The van der Waals surface area contributed by atoms with Gasteiger partial charge in [0.05, 0.1) is 0 Å². The minimum atomic E-state index is 0. The molecule has 1 N–H and O–H groups in total. The van der Waals surface area contributed by atoms with Crippen molar-refractivity contribution in [3.05, 3.63) is 6.61 Å². The molecule has 3 heteroatoms. The zero-order valence-electron chi connectivity index (χ0n) is 2.97. The summed E-state index contributed by atoms with van der Waals surface area (Å²) < 4.78 is 0. The van der Waals surface area contributed by atoms with E-state index in [4.69, 9.17) is 10.4 Å². The van der Waals surface area contributed by atoms with Crippen LogP contribution < -0.4 is 29.6 Å². The van der Waals surface area contributed by atoms with Crippen molar-refractivity contribution < 1.29 is 34.7 Å². The summed E-state index contributed by atoms with van der Waals surface area (Å²) in [6.45, 7) is 0.431. The summed E-state index contributed by atoms with van der Waals surface area (Å²) in [5.74, 6) is 0. The van der Waals surface area contributed by atoms with Crippen LogP contribution in [0.1, 0.15) is 0 Å². The van der Waals surface area contributed by atoms with E-state index in [1.54, 1.807) is 0 Å². The molecule has 0 saturated heterocycles. The van der Waals surface area contributed by atoms with Gasteiger partial charge in [0.15, 0.2) is 0 Å². The predicted molar refractivity (Wildman–Crippen MR) is 11.8 cm³/mol. The van der Waals surface area contributed by atoms with Crippen molar-refractivity contribution in [3.63, 3.8) is 0 Å². The quantitative estimate of drug-likeness (QED) is 0.192. The summed E-state index contributed by atoms with van der Waals surface area (Å²) in [4.78, 5) is 0. The van der Waals surface area contributed by atoms with Gasteiger partial charge in [-0.15, -0.1) is 0 Å². The first kappa shape index (κ1) is 9.01. The SMILES string of the molecule is N#C[CH-]O.[Na+]. The molecule has 0 aliphatic carbocycles. The van der Waals surface area contributed by atoms with Crippen molar-refractivity contribution in [2.24, 2.45) is 0 Å². The van der Waals surface area contributed by atoms with E-state index in [0.29, 0.717) is 6.61 Å². The zero-order chi connectivity index (χ0) is 3.41. The van der Waals surface area contributed by atoms with E-state index >= 15 is 0 Å². The van der Waals surface area contributed by atoms with Crippen molar-refractivity contribution in [1.82, 2.24) is 0 Å². The van der Waals surface area contributed by atoms with Crippen LogP contribution in [0.3, 0.4) is 0 Å². The van der Waals surface area contributed by atoms with Gasteiger partial charge in [0, 0.05) is 0 Å². The molecule has 0 saturated carbocycles. The Hall–Kier alpha value is 0.320. The van der Waals surface area contributed by atoms with Gasteiger partial charge in [0.2, 0.25) is 0 Å². The van der Waals surface area contributed by atoms with E-state index in [-0.39, 0.29) is 29.6 Å². The first-order valence-electron chi connectivity index (χ1n) is 0.770. The molecule has 0 spiro atoms. The summed E-state index contributed by atoms with van der Waals surface area (Å²) in [6.07, 6.45) is 0. The van der Waals surface area contributed by atoms with Crippen LogP contribution >= 0.6 is 0 Å². The standard InChI is InChI=1S/C2H2NO.Na/c3-1-2-4;/h2,4H;/q-1;+1. The summed E-state index contributed by atoms with van der Waals surface area (Å²) in [5.41, 5.74) is 0. The van der Waals surface area contributed by atoms with Crippen LogP contribution in [-0.2, 0) is 0 Å². The second kappa shape index (κ2) is 8.85. The third-order valence-electron chi connectivity index (χ3n) is 0.0577. The average molecular weight is 79.0 g/mol. The van der Waals surface area contributed by atoms with E-state index in [9.17, 15) is 0 Å². The van der Waals surface area contributed by atoms with Crippen molar-refractivity contribution >= 4 is 0 Å². The van der Waals surface area contributed by atoms with Crippen LogP contribution in [0.2, 0.25) is 0 Å². The Morgan fingerprint density at radius 3 is 2.00 bits per heavy atom. The maximum atomic E-state index is 7.39. The zero-order valence-corrected chi connectivity index (χ0v) is 4.97. The minimum absolute atomic E-state index is 0. The van der Waals surface area contributed by atoms with E-state index in [0.717, 1.165) is 0 Å². The molecule has 0 aromatic carbocycles. The van der Waals surface area contributed by atoms with Crippen LogP contribution in [0, 0.1) is 17.9 Å². The van der Waals surface area contributed by atoms with Crippen LogP contribution in [0.4, 0.5) is 0 Å². The minimum Gasteiger partial charge on any atom is -0.533 e. The van der Waals surface area contributed by atoms with Gasteiger partial charge in [-0.1, -0.05) is 6.07 Å². The Kier molecular flexibility index (Phi) is 15.9. The number of aliphatic hydroxyl groups excluding tert-OH is 1. The molecule has 0 aromatic heterocycles. The Labute approximate surface area is 52.7 Å². The van der Waals surface area contributed by atoms with Crippen molar-refractivity contribution in [3.8, 4) is 6.07 Å². The molecule has 0 fully saturated rings. The molecular formula is C2H2NNaO. The van der Waals surface area contributed by atoms with Gasteiger partial charge in [-0.05, 0) is 0 Å². The first-order chi connectivity index (χ1) is 1.91. The Balaban J connectivity index is 0. The van der Waals surface area contributed by atoms with Crippen molar-refractivity contribution in [2.45, 2.75) is 0 Å². The fourth-order valence-electron chi connectivity index (χ4n) is 0. The van der Waals surface area contributed by atoms with Crippen LogP contribution in [0.5, 0.6) is 0 Å². The summed E-state index contributed by atoms with van der Waals surface area (Å²) >= 11 is 0. The van der Waals surface area contributed by atoms with Crippen LogP contribution in [-0.4, -0.2) is 5.11 Å². The van der Waals surface area contributed by atoms with Gasteiger partial charge < -0.3 is 5.11 Å². The molecule has 0 rings (SSSR count). The fraction of sp³-hybridized carbons (Fsp3) is 0. The summed E-state index contributed by atoms with van der Waals surface area (Å²) in [7, 11) is 0.